The maximum absolute atomic E-state index is 15.9. The second kappa shape index (κ2) is 11.3. The lowest BCUT2D eigenvalue weighted by Gasteiger charge is -2.26. The first-order chi connectivity index (χ1) is 21.8. The standard InChI is InChI=1S/C21H25FN10O12P2/c22-9-13-8(43-19(9)31-4-27-10-15(23)25-3-26-16(10)31)2-40-45(35,36)6-39-14-12(33)7(1-41-46(37,38)44-13)42-20(14)32-5-28-11-17(32)29-21(24)30-18(11)34/h3-5,7-9,12-14,19-20,33H,1-2,6H2,(H,35,36)(H,37,38)(H2,23,25,26)(H3,24,29,30,34)/t7-,8-,9-,12-,13-,14-,19-,20-/m1/s1. The number of fused-ring (bicyclic) bond motifs is 5. The molecular formula is C21H25FN10O12P2. The van der Waals surface area contributed by atoms with Crippen LogP contribution in [0.3, 0.4) is 0 Å². The van der Waals surface area contributed by atoms with Gasteiger partial charge >= 0.3 is 15.4 Å². The molecule has 0 aliphatic carbocycles. The second-order valence-corrected chi connectivity index (χ2v) is 13.6. The third-order valence-corrected chi connectivity index (χ3v) is 9.51. The van der Waals surface area contributed by atoms with Gasteiger partial charge in [0.1, 0.15) is 48.7 Å². The molecule has 0 radical (unpaired) electrons. The van der Waals surface area contributed by atoms with Crippen LogP contribution in [-0.2, 0) is 36.9 Å². The lowest BCUT2D eigenvalue weighted by atomic mass is 10.1. The fraction of sp³-hybridized carbons (Fsp3) is 0.524. The van der Waals surface area contributed by atoms with Crippen molar-refractivity contribution in [3.05, 3.63) is 29.3 Å². The highest BCUT2D eigenvalue weighted by molar-refractivity contribution is 7.52. The molecule has 0 spiro atoms. The van der Waals surface area contributed by atoms with Gasteiger partial charge in [-0.3, -0.25) is 32.5 Å². The number of aromatic amines is 1. The topological polar surface area (TPSA) is 309 Å². The Morgan fingerprint density at radius 2 is 1.63 bits per heavy atom. The lowest BCUT2D eigenvalue weighted by molar-refractivity contribution is -0.0640. The van der Waals surface area contributed by atoms with E-state index in [0.717, 1.165) is 23.5 Å². The van der Waals surface area contributed by atoms with E-state index in [1.807, 2.05) is 0 Å². The summed E-state index contributed by atoms with van der Waals surface area (Å²) in [5.41, 5.74) is 10.8. The van der Waals surface area contributed by atoms with Crippen LogP contribution in [0, 0.1) is 0 Å². The van der Waals surface area contributed by atoms with Gasteiger partial charge in [-0.25, -0.2) is 28.9 Å². The van der Waals surface area contributed by atoms with Crippen molar-refractivity contribution >= 4 is 49.5 Å². The number of aliphatic hydroxyl groups is 1. The first-order valence-electron chi connectivity index (χ1n) is 13.3. The number of alkyl halides is 1. The van der Waals surface area contributed by atoms with E-state index in [2.05, 4.69) is 29.9 Å². The predicted octanol–water partition coefficient (Wildman–Crippen LogP) is -1.32. The quantitative estimate of drug-likeness (QED) is 0.133. The van der Waals surface area contributed by atoms with Crippen LogP contribution in [0.4, 0.5) is 16.2 Å². The summed E-state index contributed by atoms with van der Waals surface area (Å²) in [5.74, 6) is -0.263. The van der Waals surface area contributed by atoms with Crippen LogP contribution in [0.15, 0.2) is 23.8 Å². The summed E-state index contributed by atoms with van der Waals surface area (Å²) >= 11 is 0. The number of nitrogen functional groups attached to an aromatic ring is 2. The van der Waals surface area contributed by atoms with Crippen LogP contribution in [0.5, 0.6) is 0 Å². The predicted molar refractivity (Wildman–Crippen MR) is 147 cm³/mol. The van der Waals surface area contributed by atoms with E-state index in [1.54, 1.807) is 0 Å². The number of aromatic nitrogens is 8. The normalized spacial score (nSPS) is 37.4. The van der Waals surface area contributed by atoms with Crippen LogP contribution in [0.25, 0.3) is 22.3 Å². The largest absolute Gasteiger partial charge is 0.472 e. The van der Waals surface area contributed by atoms with E-state index in [9.17, 15) is 28.8 Å². The van der Waals surface area contributed by atoms with Crippen molar-refractivity contribution < 1.29 is 56.2 Å². The van der Waals surface area contributed by atoms with E-state index in [4.69, 9.17) is 39.2 Å². The van der Waals surface area contributed by atoms with Crippen molar-refractivity contribution in [3.63, 3.8) is 0 Å². The molecule has 3 fully saturated rings. The van der Waals surface area contributed by atoms with Gasteiger partial charge in [0.25, 0.3) is 5.56 Å². The number of H-pyrrole nitrogens is 1. The number of rotatable bonds is 2. The number of hydrogen-bond donors (Lipinski definition) is 6. The number of phosphoric ester groups is 1. The molecular weight excluding hydrogens is 665 g/mol. The highest BCUT2D eigenvalue weighted by Crippen LogP contribution is 2.52. The smallest absolute Gasteiger partial charge is 0.387 e. The first kappa shape index (κ1) is 31.1. The molecule has 7 rings (SSSR count). The molecule has 4 aromatic rings. The van der Waals surface area contributed by atoms with Crippen molar-refractivity contribution in [2.45, 2.75) is 49.1 Å². The van der Waals surface area contributed by atoms with Crippen molar-refractivity contribution in [3.8, 4) is 0 Å². The minimum absolute atomic E-state index is 0.000982. The number of halogens is 1. The summed E-state index contributed by atoms with van der Waals surface area (Å²) in [4.78, 5) is 55.6. The van der Waals surface area contributed by atoms with Crippen LogP contribution in [-0.4, -0.2) is 110 Å². The van der Waals surface area contributed by atoms with Gasteiger partial charge in [0.15, 0.2) is 41.3 Å². The molecule has 0 aromatic carbocycles. The Labute approximate surface area is 254 Å². The van der Waals surface area contributed by atoms with E-state index < -0.39 is 89.7 Å². The molecule has 3 saturated heterocycles. The Morgan fingerprint density at radius 3 is 2.41 bits per heavy atom. The number of nitrogens with one attached hydrogen (secondary N) is 1. The number of aliphatic hydroxyl groups excluding tert-OH is 1. The van der Waals surface area contributed by atoms with Crippen molar-refractivity contribution in [2.75, 3.05) is 31.0 Å². The molecule has 0 saturated carbocycles. The van der Waals surface area contributed by atoms with Gasteiger partial charge < -0.3 is 45.1 Å². The summed E-state index contributed by atoms with van der Waals surface area (Å²) in [7, 11) is -9.85. The minimum atomic E-state index is -5.16. The number of phosphoric acid groups is 1. The molecule has 3 aliphatic rings. The van der Waals surface area contributed by atoms with Gasteiger partial charge in [-0.2, -0.15) is 4.98 Å². The first-order valence-corrected chi connectivity index (χ1v) is 16.6. The van der Waals surface area contributed by atoms with Gasteiger partial charge in [0, 0.05) is 0 Å². The summed E-state index contributed by atoms with van der Waals surface area (Å²) in [6.07, 6.45) is -10.7. The number of nitrogens with two attached hydrogens (primary N) is 2. The molecule has 7 heterocycles. The highest BCUT2D eigenvalue weighted by atomic mass is 31.2. The number of nitrogens with zero attached hydrogens (tertiary/aromatic N) is 7. The fourth-order valence-electron chi connectivity index (χ4n) is 5.38. The zero-order valence-electron chi connectivity index (χ0n) is 23.0. The van der Waals surface area contributed by atoms with E-state index in [0.29, 0.717) is 0 Å². The SMILES string of the molecule is Nc1nc2c(ncn2[C@@H]2O[C@@H]3COP(=O)(O)O[C@H]4[C@@H](F)[C@H](n5cnc6c(N)ncnc65)O[C@@H]4COP(=O)(O)CO[C@@H]2[C@@H]3O)c(=O)[nH]1. The molecule has 22 nitrogen and oxygen atoms in total. The molecule has 248 valence electrons. The maximum Gasteiger partial charge on any atom is 0.472 e. The van der Waals surface area contributed by atoms with Gasteiger partial charge in [-0.05, 0) is 0 Å². The van der Waals surface area contributed by atoms with Crippen LogP contribution < -0.4 is 17.0 Å². The molecule has 10 atom stereocenters. The highest BCUT2D eigenvalue weighted by Gasteiger charge is 2.53. The Bertz CT molecular complexity index is 1960. The summed E-state index contributed by atoms with van der Waals surface area (Å²) in [6.45, 7) is -1.63. The molecule has 4 aromatic heterocycles. The average molecular weight is 690 g/mol. The van der Waals surface area contributed by atoms with Gasteiger partial charge in [0.2, 0.25) is 5.95 Å². The third-order valence-electron chi connectivity index (χ3n) is 7.49. The van der Waals surface area contributed by atoms with E-state index in [-0.39, 0.29) is 34.1 Å². The van der Waals surface area contributed by atoms with Crippen molar-refractivity contribution in [1.82, 2.24) is 39.0 Å². The zero-order chi connectivity index (χ0) is 32.5. The van der Waals surface area contributed by atoms with Crippen LogP contribution in [0.2, 0.25) is 0 Å². The van der Waals surface area contributed by atoms with E-state index in [1.165, 1.54) is 4.57 Å². The van der Waals surface area contributed by atoms with Crippen LogP contribution in [0.1, 0.15) is 12.5 Å². The van der Waals surface area contributed by atoms with Crippen molar-refractivity contribution in [1.29, 1.82) is 0 Å². The monoisotopic (exact) mass is 690 g/mol. The van der Waals surface area contributed by atoms with E-state index >= 15 is 4.39 Å². The second-order valence-electron chi connectivity index (χ2n) is 10.5. The minimum Gasteiger partial charge on any atom is -0.387 e. The summed E-state index contributed by atoms with van der Waals surface area (Å²) in [5, 5.41) is 11.0. The molecule has 3 aliphatic heterocycles. The Balaban J connectivity index is 1.18. The average Bonchev–Trinajstić information content (AvgIpc) is 3.75. The number of imidazole rings is 2. The fourth-order valence-corrected chi connectivity index (χ4v) is 7.15. The molecule has 2 bridgehead atoms. The zero-order valence-corrected chi connectivity index (χ0v) is 24.8. The Kier molecular flexibility index (Phi) is 7.68. The number of anilines is 2. The number of ether oxygens (including phenoxy) is 3. The van der Waals surface area contributed by atoms with Crippen molar-refractivity contribution in [2.24, 2.45) is 0 Å². The Morgan fingerprint density at radius 1 is 0.935 bits per heavy atom. The third kappa shape index (κ3) is 5.48. The molecule has 0 amide bonds. The molecule has 8 N–H and O–H groups in total. The molecule has 2 unspecified atom stereocenters. The van der Waals surface area contributed by atoms with Gasteiger partial charge in [-0.15, -0.1) is 0 Å². The lowest BCUT2D eigenvalue weighted by Crippen LogP contribution is -2.37. The summed E-state index contributed by atoms with van der Waals surface area (Å²) < 4.78 is 77.0. The number of hydrogen-bond acceptors (Lipinski definition) is 17. The van der Waals surface area contributed by atoms with Gasteiger partial charge in [0.05, 0.1) is 25.9 Å². The maximum atomic E-state index is 15.9. The van der Waals surface area contributed by atoms with Crippen LogP contribution >= 0.6 is 15.4 Å². The Hall–Kier alpha value is -3.47. The van der Waals surface area contributed by atoms with Gasteiger partial charge in [-0.1, -0.05) is 0 Å². The molecule has 46 heavy (non-hydrogen) atoms. The molecule has 25 heteroatoms. The summed E-state index contributed by atoms with van der Waals surface area (Å²) in [6, 6.07) is 0.